The highest BCUT2D eigenvalue weighted by Gasteiger charge is 2.68. The first-order valence-electron chi connectivity index (χ1n) is 8.18. The normalized spacial score (nSPS) is 23.7. The summed E-state index contributed by atoms with van der Waals surface area (Å²) in [5, 5.41) is 5.15. The van der Waals surface area contributed by atoms with Gasteiger partial charge in [-0.3, -0.25) is 0 Å². The van der Waals surface area contributed by atoms with E-state index in [0.29, 0.717) is 24.1 Å². The summed E-state index contributed by atoms with van der Waals surface area (Å²) in [5.74, 6) is -1.27. The van der Waals surface area contributed by atoms with Crippen LogP contribution in [0.3, 0.4) is 0 Å². The molecule has 1 heterocycles. The van der Waals surface area contributed by atoms with Gasteiger partial charge in [-0.1, -0.05) is 42.5 Å². The summed E-state index contributed by atoms with van der Waals surface area (Å²) in [5.41, 5.74) is -1.33. The molecule has 0 saturated heterocycles. The van der Waals surface area contributed by atoms with Crippen molar-refractivity contribution in [2.24, 2.45) is 11.0 Å². The van der Waals surface area contributed by atoms with E-state index in [1.807, 2.05) is 0 Å². The van der Waals surface area contributed by atoms with E-state index in [4.69, 9.17) is 0 Å². The standard InChI is InChI=1S/C19H16F4N2/c20-15-8-4-5-9-17(15)25-18(14-10-11-14,19(21,22)23)12-16(24-25)13-6-2-1-3-7-13/h1-9,14H,10-12H2. The molecule has 2 aliphatic rings. The Kier molecular flexibility index (Phi) is 3.60. The first kappa shape index (κ1) is 16.1. The fourth-order valence-corrected chi connectivity index (χ4v) is 3.59. The number of rotatable bonds is 3. The molecule has 0 aromatic heterocycles. The molecule has 25 heavy (non-hydrogen) atoms. The van der Waals surface area contributed by atoms with Crippen LogP contribution < -0.4 is 5.01 Å². The molecule has 2 aromatic rings. The lowest BCUT2D eigenvalue weighted by molar-refractivity contribution is -0.189. The van der Waals surface area contributed by atoms with Crippen LogP contribution >= 0.6 is 0 Å². The van der Waals surface area contributed by atoms with E-state index in [-0.39, 0.29) is 12.1 Å². The first-order chi connectivity index (χ1) is 11.9. The van der Waals surface area contributed by atoms with Crippen LogP contribution in [0.5, 0.6) is 0 Å². The summed E-state index contributed by atoms with van der Waals surface area (Å²) >= 11 is 0. The molecule has 1 unspecified atom stereocenters. The SMILES string of the molecule is Fc1ccccc1N1N=C(c2ccccc2)CC1(C1CC1)C(F)(F)F. The van der Waals surface area contributed by atoms with Crippen molar-refractivity contribution >= 4 is 11.4 Å². The number of halogens is 4. The monoisotopic (exact) mass is 348 g/mol. The van der Waals surface area contributed by atoms with Gasteiger partial charge in [0.25, 0.3) is 0 Å². The van der Waals surface area contributed by atoms with Crippen molar-refractivity contribution in [1.29, 1.82) is 0 Å². The Morgan fingerprint density at radius 3 is 2.20 bits per heavy atom. The molecule has 6 heteroatoms. The topological polar surface area (TPSA) is 15.6 Å². The summed E-state index contributed by atoms with van der Waals surface area (Å²) in [6.45, 7) is 0. The van der Waals surface area contributed by atoms with Gasteiger partial charge in [0.1, 0.15) is 5.82 Å². The Hall–Kier alpha value is -2.37. The zero-order valence-corrected chi connectivity index (χ0v) is 13.3. The second-order valence-corrected chi connectivity index (χ2v) is 6.55. The Balaban J connectivity index is 1.88. The lowest BCUT2D eigenvalue weighted by atomic mass is 9.85. The van der Waals surface area contributed by atoms with Gasteiger partial charge >= 0.3 is 6.18 Å². The fraction of sp³-hybridized carbons (Fsp3) is 0.316. The summed E-state index contributed by atoms with van der Waals surface area (Å²) in [7, 11) is 0. The molecule has 0 bridgehead atoms. The van der Waals surface area contributed by atoms with Gasteiger partial charge in [0.05, 0.1) is 11.4 Å². The van der Waals surface area contributed by atoms with Gasteiger partial charge in [0.2, 0.25) is 0 Å². The van der Waals surface area contributed by atoms with E-state index < -0.39 is 23.5 Å². The maximum atomic E-state index is 14.3. The van der Waals surface area contributed by atoms with Crippen molar-refractivity contribution in [3.8, 4) is 0 Å². The second kappa shape index (κ2) is 5.58. The van der Waals surface area contributed by atoms with E-state index in [1.165, 1.54) is 24.3 Å². The van der Waals surface area contributed by atoms with Crippen molar-refractivity contribution in [3.63, 3.8) is 0 Å². The Labute approximate surface area is 142 Å². The molecule has 0 spiro atoms. The Morgan fingerprint density at radius 1 is 0.960 bits per heavy atom. The number of hydrogen-bond donors (Lipinski definition) is 0. The van der Waals surface area contributed by atoms with Crippen LogP contribution in [-0.4, -0.2) is 17.4 Å². The maximum absolute atomic E-state index is 14.3. The molecule has 1 aliphatic heterocycles. The Morgan fingerprint density at radius 2 is 1.60 bits per heavy atom. The number of para-hydroxylation sites is 1. The molecule has 2 aromatic carbocycles. The van der Waals surface area contributed by atoms with Crippen LogP contribution in [0.2, 0.25) is 0 Å². The molecule has 1 atom stereocenters. The second-order valence-electron chi connectivity index (χ2n) is 6.55. The third kappa shape index (κ3) is 2.51. The van der Waals surface area contributed by atoms with Crippen molar-refractivity contribution in [1.82, 2.24) is 0 Å². The van der Waals surface area contributed by atoms with Gasteiger partial charge < -0.3 is 0 Å². The molecule has 0 radical (unpaired) electrons. The predicted octanol–water partition coefficient (Wildman–Crippen LogP) is 5.15. The third-order valence-electron chi connectivity index (χ3n) is 4.97. The highest BCUT2D eigenvalue weighted by Crippen LogP contribution is 2.57. The molecule has 0 amide bonds. The Bertz CT molecular complexity index is 812. The van der Waals surface area contributed by atoms with Crippen molar-refractivity contribution < 1.29 is 17.6 Å². The van der Waals surface area contributed by atoms with Crippen molar-refractivity contribution in [2.75, 3.05) is 5.01 Å². The largest absolute Gasteiger partial charge is 0.414 e. The van der Waals surface area contributed by atoms with Gasteiger partial charge in [-0.15, -0.1) is 0 Å². The van der Waals surface area contributed by atoms with E-state index in [0.717, 1.165) is 5.01 Å². The molecule has 1 aliphatic carbocycles. The van der Waals surface area contributed by atoms with Crippen LogP contribution in [0, 0.1) is 11.7 Å². The smallest absolute Gasteiger partial charge is 0.246 e. The van der Waals surface area contributed by atoms with Crippen molar-refractivity contribution in [3.05, 3.63) is 66.0 Å². The molecule has 0 N–H and O–H groups in total. The van der Waals surface area contributed by atoms with Crippen LogP contribution in [0.1, 0.15) is 24.8 Å². The molecule has 2 nitrogen and oxygen atoms in total. The lowest BCUT2D eigenvalue weighted by Crippen LogP contribution is -2.57. The van der Waals surface area contributed by atoms with E-state index in [2.05, 4.69) is 5.10 Å². The quantitative estimate of drug-likeness (QED) is 0.700. The van der Waals surface area contributed by atoms with E-state index in [9.17, 15) is 17.6 Å². The number of alkyl halides is 3. The number of hydrogen-bond acceptors (Lipinski definition) is 2. The summed E-state index contributed by atoms with van der Waals surface area (Å²) < 4.78 is 57.0. The molecular weight excluding hydrogens is 332 g/mol. The van der Waals surface area contributed by atoms with Crippen LogP contribution in [0.4, 0.5) is 23.2 Å². The van der Waals surface area contributed by atoms with Crippen LogP contribution in [-0.2, 0) is 0 Å². The third-order valence-corrected chi connectivity index (χ3v) is 4.97. The summed E-state index contributed by atoms with van der Waals surface area (Å²) in [6.07, 6.45) is -3.83. The number of anilines is 1. The minimum atomic E-state index is -4.52. The van der Waals surface area contributed by atoms with Crippen LogP contribution in [0.15, 0.2) is 59.7 Å². The summed E-state index contributed by atoms with van der Waals surface area (Å²) in [6, 6.07) is 14.3. The number of benzene rings is 2. The predicted molar refractivity (Wildman–Crippen MR) is 88.0 cm³/mol. The minimum Gasteiger partial charge on any atom is -0.246 e. The lowest BCUT2D eigenvalue weighted by Gasteiger charge is -2.39. The average molecular weight is 348 g/mol. The molecule has 4 rings (SSSR count). The number of nitrogens with zero attached hydrogens (tertiary/aromatic N) is 2. The van der Waals surface area contributed by atoms with Crippen molar-refractivity contribution in [2.45, 2.75) is 31.0 Å². The molecule has 1 saturated carbocycles. The zero-order valence-electron chi connectivity index (χ0n) is 13.3. The highest BCUT2D eigenvalue weighted by atomic mass is 19.4. The van der Waals surface area contributed by atoms with Gasteiger partial charge in [-0.25, -0.2) is 9.40 Å². The van der Waals surface area contributed by atoms with Gasteiger partial charge in [0.15, 0.2) is 5.54 Å². The highest BCUT2D eigenvalue weighted by molar-refractivity contribution is 6.04. The summed E-state index contributed by atoms with van der Waals surface area (Å²) in [4.78, 5) is 0. The fourth-order valence-electron chi connectivity index (χ4n) is 3.59. The first-order valence-corrected chi connectivity index (χ1v) is 8.18. The van der Waals surface area contributed by atoms with E-state index >= 15 is 0 Å². The van der Waals surface area contributed by atoms with E-state index in [1.54, 1.807) is 30.3 Å². The zero-order chi connectivity index (χ0) is 17.7. The molecule has 1 fully saturated rings. The van der Waals surface area contributed by atoms with Gasteiger partial charge in [0, 0.05) is 6.42 Å². The molecular formula is C19H16F4N2. The number of hydrazone groups is 1. The van der Waals surface area contributed by atoms with Gasteiger partial charge in [-0.05, 0) is 36.5 Å². The average Bonchev–Trinajstić information content (AvgIpc) is 3.35. The minimum absolute atomic E-state index is 0.127. The van der Waals surface area contributed by atoms with Gasteiger partial charge in [-0.2, -0.15) is 18.3 Å². The van der Waals surface area contributed by atoms with Crippen LogP contribution in [0.25, 0.3) is 0 Å². The molecule has 130 valence electrons. The maximum Gasteiger partial charge on any atom is 0.414 e.